The van der Waals surface area contributed by atoms with Crippen molar-refractivity contribution in [2.75, 3.05) is 19.8 Å². The van der Waals surface area contributed by atoms with Crippen LogP contribution in [0.15, 0.2) is 30.3 Å². The Morgan fingerprint density at radius 1 is 1.00 bits per heavy atom. The first-order valence-electron chi connectivity index (χ1n) is 8.27. The number of hydrogen-bond acceptors (Lipinski definition) is 3. The normalized spacial score (nSPS) is 12.3. The van der Waals surface area contributed by atoms with Crippen LogP contribution in [0.5, 0.6) is 5.75 Å². The molecule has 1 atom stereocenters. The summed E-state index contributed by atoms with van der Waals surface area (Å²) in [5, 5.41) is 8.80. The van der Waals surface area contributed by atoms with E-state index in [1.165, 1.54) is 38.5 Å². The Morgan fingerprint density at radius 3 is 2.43 bits per heavy atom. The molecule has 1 unspecified atom stereocenters. The van der Waals surface area contributed by atoms with Crippen LogP contribution in [0.1, 0.15) is 51.9 Å². The summed E-state index contributed by atoms with van der Waals surface area (Å²) < 4.78 is 11.4. The van der Waals surface area contributed by atoms with Crippen LogP contribution in [-0.2, 0) is 4.74 Å². The molecule has 0 bridgehead atoms. The van der Waals surface area contributed by atoms with Gasteiger partial charge in [-0.2, -0.15) is 0 Å². The van der Waals surface area contributed by atoms with Crippen molar-refractivity contribution in [1.82, 2.24) is 0 Å². The predicted molar refractivity (Wildman–Crippen MR) is 86.8 cm³/mol. The van der Waals surface area contributed by atoms with Gasteiger partial charge >= 0.3 is 0 Å². The van der Waals surface area contributed by atoms with Crippen LogP contribution in [-0.4, -0.2) is 31.0 Å². The molecule has 0 fully saturated rings. The molecule has 0 saturated heterocycles. The summed E-state index contributed by atoms with van der Waals surface area (Å²) >= 11 is 0. The van der Waals surface area contributed by atoms with Gasteiger partial charge in [0.15, 0.2) is 0 Å². The van der Waals surface area contributed by atoms with E-state index in [2.05, 4.69) is 6.92 Å². The quantitative estimate of drug-likeness (QED) is 0.554. The van der Waals surface area contributed by atoms with Crippen LogP contribution in [0.3, 0.4) is 0 Å². The number of rotatable bonds is 13. The van der Waals surface area contributed by atoms with Gasteiger partial charge in [0.1, 0.15) is 11.9 Å². The summed E-state index contributed by atoms with van der Waals surface area (Å²) in [6.45, 7) is 3.23. The van der Waals surface area contributed by atoms with Gasteiger partial charge in [-0.15, -0.1) is 0 Å². The molecule has 0 aromatic heterocycles. The molecule has 0 spiro atoms. The fraction of sp³-hybridized carbons (Fsp3) is 0.667. The molecule has 120 valence electrons. The average Bonchev–Trinajstić information content (AvgIpc) is 2.51. The van der Waals surface area contributed by atoms with Crippen LogP contribution in [0.25, 0.3) is 0 Å². The van der Waals surface area contributed by atoms with E-state index in [0.717, 1.165) is 12.2 Å². The summed E-state index contributed by atoms with van der Waals surface area (Å²) in [5.74, 6) is 0.890. The van der Waals surface area contributed by atoms with Gasteiger partial charge in [-0.05, 0) is 25.0 Å². The maximum Gasteiger partial charge on any atom is 0.122 e. The Morgan fingerprint density at radius 2 is 1.71 bits per heavy atom. The minimum absolute atomic E-state index is 0.0646. The zero-order valence-electron chi connectivity index (χ0n) is 13.3. The average molecular weight is 294 g/mol. The smallest absolute Gasteiger partial charge is 0.122 e. The molecule has 0 heterocycles. The second-order valence-electron chi connectivity index (χ2n) is 5.41. The first kappa shape index (κ1) is 18.0. The third-order valence-corrected chi connectivity index (χ3v) is 3.46. The summed E-state index contributed by atoms with van der Waals surface area (Å²) in [5.41, 5.74) is 0. The number of para-hydroxylation sites is 1. The monoisotopic (exact) mass is 294 g/mol. The van der Waals surface area contributed by atoms with E-state index in [9.17, 15) is 0 Å². The fourth-order valence-electron chi connectivity index (χ4n) is 2.30. The molecule has 0 saturated carbocycles. The SMILES string of the molecule is CCCCCCCCC(COCCO)Oc1ccccc1. The molecule has 1 rings (SSSR count). The molecule has 0 aliphatic rings. The minimum atomic E-state index is 0.0646. The topological polar surface area (TPSA) is 38.7 Å². The van der Waals surface area contributed by atoms with E-state index < -0.39 is 0 Å². The second kappa shape index (κ2) is 12.7. The maximum absolute atomic E-state index is 8.80. The second-order valence-corrected chi connectivity index (χ2v) is 5.41. The van der Waals surface area contributed by atoms with Gasteiger partial charge in [0, 0.05) is 0 Å². The maximum atomic E-state index is 8.80. The first-order chi connectivity index (χ1) is 10.4. The number of unbranched alkanes of at least 4 members (excludes halogenated alkanes) is 5. The largest absolute Gasteiger partial charge is 0.488 e. The van der Waals surface area contributed by atoms with Crippen LogP contribution in [0.2, 0.25) is 0 Å². The molecule has 21 heavy (non-hydrogen) atoms. The van der Waals surface area contributed by atoms with E-state index in [4.69, 9.17) is 14.6 Å². The fourth-order valence-corrected chi connectivity index (χ4v) is 2.30. The number of benzene rings is 1. The third kappa shape index (κ3) is 9.48. The zero-order chi connectivity index (χ0) is 15.2. The van der Waals surface area contributed by atoms with E-state index in [1.54, 1.807) is 0 Å². The highest BCUT2D eigenvalue weighted by Gasteiger charge is 2.10. The van der Waals surface area contributed by atoms with Crippen LogP contribution < -0.4 is 4.74 Å². The Labute approximate surface area is 129 Å². The number of aliphatic hydroxyl groups excluding tert-OH is 1. The van der Waals surface area contributed by atoms with Crippen molar-refractivity contribution < 1.29 is 14.6 Å². The van der Waals surface area contributed by atoms with E-state index in [-0.39, 0.29) is 12.7 Å². The summed E-state index contributed by atoms with van der Waals surface area (Å²) in [6, 6.07) is 9.88. The zero-order valence-corrected chi connectivity index (χ0v) is 13.3. The van der Waals surface area contributed by atoms with Gasteiger partial charge in [-0.1, -0.05) is 57.2 Å². The van der Waals surface area contributed by atoms with Crippen molar-refractivity contribution in [2.24, 2.45) is 0 Å². The molecule has 0 radical (unpaired) electrons. The Bertz CT molecular complexity index is 326. The van der Waals surface area contributed by atoms with Gasteiger partial charge in [-0.25, -0.2) is 0 Å². The highest BCUT2D eigenvalue weighted by molar-refractivity contribution is 5.21. The van der Waals surface area contributed by atoms with Crippen LogP contribution in [0, 0.1) is 0 Å². The van der Waals surface area contributed by atoms with Gasteiger partial charge < -0.3 is 14.6 Å². The lowest BCUT2D eigenvalue weighted by Gasteiger charge is -2.19. The van der Waals surface area contributed by atoms with Crippen molar-refractivity contribution in [1.29, 1.82) is 0 Å². The van der Waals surface area contributed by atoms with Crippen LogP contribution >= 0.6 is 0 Å². The molecule has 3 heteroatoms. The molecule has 0 aliphatic heterocycles. The Hall–Kier alpha value is -1.06. The van der Waals surface area contributed by atoms with E-state index in [0.29, 0.717) is 13.2 Å². The van der Waals surface area contributed by atoms with E-state index in [1.807, 2.05) is 30.3 Å². The Kier molecular flexibility index (Phi) is 10.8. The van der Waals surface area contributed by atoms with Crippen molar-refractivity contribution in [2.45, 2.75) is 58.0 Å². The van der Waals surface area contributed by atoms with Crippen molar-refractivity contribution >= 4 is 0 Å². The first-order valence-corrected chi connectivity index (χ1v) is 8.27. The highest BCUT2D eigenvalue weighted by atomic mass is 16.5. The van der Waals surface area contributed by atoms with Gasteiger partial charge in [-0.3, -0.25) is 0 Å². The van der Waals surface area contributed by atoms with E-state index >= 15 is 0 Å². The molecule has 0 aliphatic carbocycles. The molecule has 0 amide bonds. The standard InChI is InChI=1S/C18H30O3/c1-2-3-4-5-6-8-13-18(16-20-15-14-19)21-17-11-9-7-10-12-17/h7,9-12,18-19H,2-6,8,13-16H2,1H3. The highest BCUT2D eigenvalue weighted by Crippen LogP contribution is 2.16. The van der Waals surface area contributed by atoms with Gasteiger partial charge in [0.2, 0.25) is 0 Å². The molecule has 1 aromatic rings. The van der Waals surface area contributed by atoms with Gasteiger partial charge in [0.25, 0.3) is 0 Å². The Balaban J connectivity index is 2.27. The summed E-state index contributed by atoms with van der Waals surface area (Å²) in [6.07, 6.45) is 8.78. The minimum Gasteiger partial charge on any atom is -0.488 e. The molecular formula is C18H30O3. The number of aliphatic hydroxyl groups is 1. The number of hydrogen-bond donors (Lipinski definition) is 1. The van der Waals surface area contributed by atoms with Crippen LogP contribution in [0.4, 0.5) is 0 Å². The molecule has 3 nitrogen and oxygen atoms in total. The molecule has 1 aromatic carbocycles. The number of ether oxygens (including phenoxy) is 2. The predicted octanol–water partition coefficient (Wildman–Crippen LogP) is 4.19. The summed E-state index contributed by atoms with van der Waals surface area (Å²) in [4.78, 5) is 0. The van der Waals surface area contributed by atoms with Crippen molar-refractivity contribution in [3.05, 3.63) is 30.3 Å². The van der Waals surface area contributed by atoms with Crippen molar-refractivity contribution in [3.63, 3.8) is 0 Å². The lowest BCUT2D eigenvalue weighted by Crippen LogP contribution is -2.24. The molecule has 1 N–H and O–H groups in total. The lowest BCUT2D eigenvalue weighted by molar-refractivity contribution is 0.0280. The van der Waals surface area contributed by atoms with Gasteiger partial charge in [0.05, 0.1) is 19.8 Å². The lowest BCUT2D eigenvalue weighted by atomic mass is 10.1. The van der Waals surface area contributed by atoms with Crippen molar-refractivity contribution in [3.8, 4) is 5.75 Å². The third-order valence-electron chi connectivity index (χ3n) is 3.46. The molecular weight excluding hydrogens is 264 g/mol. The summed E-state index contributed by atoms with van der Waals surface area (Å²) in [7, 11) is 0.